The number of carbonyl (C=O) groups excluding carboxylic acids is 2. The van der Waals surface area contributed by atoms with E-state index in [2.05, 4.69) is 5.32 Å². The zero-order valence-corrected chi connectivity index (χ0v) is 14.2. The highest BCUT2D eigenvalue weighted by molar-refractivity contribution is 6.02. The van der Waals surface area contributed by atoms with Crippen molar-refractivity contribution in [1.29, 1.82) is 0 Å². The van der Waals surface area contributed by atoms with Gasteiger partial charge < -0.3 is 14.8 Å². The summed E-state index contributed by atoms with van der Waals surface area (Å²) in [7, 11) is 2.97. The molecule has 1 N–H and O–H groups in total. The highest BCUT2D eigenvalue weighted by atomic mass is 19.1. The maximum absolute atomic E-state index is 13.6. The van der Waals surface area contributed by atoms with Crippen LogP contribution in [0.4, 0.5) is 15.8 Å². The molecule has 0 unspecified atom stereocenters. The van der Waals surface area contributed by atoms with Crippen LogP contribution in [0.25, 0.3) is 0 Å². The molecule has 0 radical (unpaired) electrons. The van der Waals surface area contributed by atoms with Crippen molar-refractivity contribution < 1.29 is 23.5 Å². The van der Waals surface area contributed by atoms with E-state index in [1.165, 1.54) is 44.2 Å². The molecule has 0 aliphatic heterocycles. The third-order valence-electron chi connectivity index (χ3n) is 3.51. The van der Waals surface area contributed by atoms with E-state index < -0.39 is 11.7 Å². The molecule has 0 bridgehead atoms. The smallest absolute Gasteiger partial charge is 0.244 e. The van der Waals surface area contributed by atoms with Gasteiger partial charge in [0.1, 0.15) is 23.9 Å². The van der Waals surface area contributed by atoms with E-state index >= 15 is 0 Å². The van der Waals surface area contributed by atoms with Gasteiger partial charge in [0.25, 0.3) is 0 Å². The maximum Gasteiger partial charge on any atom is 0.244 e. The number of hydrogen-bond donors (Lipinski definition) is 1. The molecule has 2 aromatic carbocycles. The van der Waals surface area contributed by atoms with Crippen molar-refractivity contribution in [2.75, 3.05) is 31.0 Å². The number of ether oxygens (including phenoxy) is 2. The Morgan fingerprint density at radius 1 is 1.12 bits per heavy atom. The van der Waals surface area contributed by atoms with E-state index in [1.54, 1.807) is 24.3 Å². The fourth-order valence-electron chi connectivity index (χ4n) is 2.27. The van der Waals surface area contributed by atoms with E-state index in [0.717, 1.165) is 0 Å². The second kappa shape index (κ2) is 8.14. The van der Waals surface area contributed by atoms with Gasteiger partial charge in [-0.15, -0.1) is 0 Å². The number of para-hydroxylation sites is 1. The summed E-state index contributed by atoms with van der Waals surface area (Å²) in [5.41, 5.74) is 0.470. The van der Waals surface area contributed by atoms with Crippen LogP contribution in [0, 0.1) is 5.82 Å². The van der Waals surface area contributed by atoms with Gasteiger partial charge in [0, 0.05) is 13.0 Å². The molecular formula is C18H19FN2O4. The van der Waals surface area contributed by atoms with Crippen molar-refractivity contribution in [3.05, 3.63) is 48.3 Å². The molecular weight excluding hydrogens is 327 g/mol. The first-order valence-electron chi connectivity index (χ1n) is 7.50. The Balaban J connectivity index is 2.23. The molecule has 0 atom stereocenters. The van der Waals surface area contributed by atoms with E-state index in [0.29, 0.717) is 17.2 Å². The quantitative estimate of drug-likeness (QED) is 0.873. The highest BCUT2D eigenvalue weighted by Gasteiger charge is 2.20. The van der Waals surface area contributed by atoms with Crippen LogP contribution in [0.1, 0.15) is 6.92 Å². The zero-order chi connectivity index (χ0) is 18.4. The average Bonchev–Trinajstić information content (AvgIpc) is 2.61. The lowest BCUT2D eigenvalue weighted by Crippen LogP contribution is -2.37. The van der Waals surface area contributed by atoms with Gasteiger partial charge in [0.15, 0.2) is 0 Å². The summed E-state index contributed by atoms with van der Waals surface area (Å²) < 4.78 is 24.0. The van der Waals surface area contributed by atoms with Crippen LogP contribution >= 0.6 is 0 Å². The minimum Gasteiger partial charge on any atom is -0.497 e. The number of carbonyl (C=O) groups is 2. The number of halogens is 1. The summed E-state index contributed by atoms with van der Waals surface area (Å²) in [5.74, 6) is -0.495. The molecule has 25 heavy (non-hydrogen) atoms. The molecule has 0 heterocycles. The maximum atomic E-state index is 13.6. The van der Waals surface area contributed by atoms with E-state index in [9.17, 15) is 14.0 Å². The van der Waals surface area contributed by atoms with E-state index in [4.69, 9.17) is 9.47 Å². The molecule has 0 aliphatic carbocycles. The van der Waals surface area contributed by atoms with Gasteiger partial charge in [-0.2, -0.15) is 0 Å². The first kappa shape index (κ1) is 18.3. The molecule has 6 nitrogen and oxygen atoms in total. The van der Waals surface area contributed by atoms with Crippen LogP contribution in [0.2, 0.25) is 0 Å². The summed E-state index contributed by atoms with van der Waals surface area (Å²) in [6.45, 7) is 1.05. The van der Waals surface area contributed by atoms with Gasteiger partial charge >= 0.3 is 0 Å². The normalized spacial score (nSPS) is 10.1. The molecule has 0 spiro atoms. The lowest BCUT2D eigenvalue weighted by atomic mass is 10.2. The van der Waals surface area contributed by atoms with Crippen molar-refractivity contribution in [2.24, 2.45) is 0 Å². The van der Waals surface area contributed by atoms with Crippen LogP contribution in [-0.4, -0.2) is 32.6 Å². The number of benzene rings is 2. The number of methoxy groups -OCH3 is 2. The molecule has 0 saturated carbocycles. The van der Waals surface area contributed by atoms with Crippen molar-refractivity contribution >= 4 is 23.2 Å². The summed E-state index contributed by atoms with van der Waals surface area (Å²) in [6, 6.07) is 10.7. The van der Waals surface area contributed by atoms with Crippen molar-refractivity contribution in [3.8, 4) is 11.5 Å². The Kier molecular flexibility index (Phi) is 5.94. The van der Waals surface area contributed by atoms with Crippen LogP contribution in [0.5, 0.6) is 11.5 Å². The molecule has 0 saturated heterocycles. The molecule has 132 valence electrons. The predicted molar refractivity (Wildman–Crippen MR) is 92.6 cm³/mol. The first-order chi connectivity index (χ1) is 12.0. The number of nitrogens with zero attached hydrogens (tertiary/aromatic N) is 1. The average molecular weight is 346 g/mol. The van der Waals surface area contributed by atoms with Crippen molar-refractivity contribution in [2.45, 2.75) is 6.92 Å². The van der Waals surface area contributed by atoms with Crippen LogP contribution in [-0.2, 0) is 9.59 Å². The number of amides is 2. The van der Waals surface area contributed by atoms with E-state index in [1.807, 2.05) is 0 Å². The Morgan fingerprint density at radius 3 is 2.44 bits per heavy atom. The second-order valence-corrected chi connectivity index (χ2v) is 5.17. The largest absolute Gasteiger partial charge is 0.497 e. The number of hydrogen-bond acceptors (Lipinski definition) is 4. The summed E-state index contributed by atoms with van der Waals surface area (Å²) in [4.78, 5) is 25.5. The summed E-state index contributed by atoms with van der Waals surface area (Å²) in [6.07, 6.45) is 0. The SMILES string of the molecule is COc1ccc(N(CC(=O)Nc2ccccc2F)C(C)=O)c(OC)c1. The molecule has 2 amide bonds. The Bertz CT molecular complexity index is 779. The van der Waals surface area contributed by atoms with Crippen LogP contribution in [0.3, 0.4) is 0 Å². The third kappa shape index (κ3) is 4.47. The standard InChI is InChI=1S/C18H19FN2O4/c1-12(22)21(16-9-8-13(24-2)10-17(16)25-3)11-18(23)20-15-7-5-4-6-14(15)19/h4-10H,11H2,1-3H3,(H,20,23). The van der Waals surface area contributed by atoms with Gasteiger partial charge in [0.05, 0.1) is 25.6 Å². The third-order valence-corrected chi connectivity index (χ3v) is 3.51. The first-order valence-corrected chi connectivity index (χ1v) is 7.50. The second-order valence-electron chi connectivity index (χ2n) is 5.17. The summed E-state index contributed by atoms with van der Waals surface area (Å²) in [5, 5.41) is 2.45. The van der Waals surface area contributed by atoms with Gasteiger partial charge in [-0.1, -0.05) is 12.1 Å². The fraction of sp³-hybridized carbons (Fsp3) is 0.222. The summed E-state index contributed by atoms with van der Waals surface area (Å²) >= 11 is 0. The molecule has 0 aromatic heterocycles. The Labute approximate surface area is 145 Å². The van der Waals surface area contributed by atoms with E-state index in [-0.39, 0.29) is 18.1 Å². The minimum absolute atomic E-state index is 0.0534. The van der Waals surface area contributed by atoms with Crippen molar-refractivity contribution in [3.63, 3.8) is 0 Å². The number of anilines is 2. The zero-order valence-electron chi connectivity index (χ0n) is 14.2. The fourth-order valence-corrected chi connectivity index (χ4v) is 2.27. The highest BCUT2D eigenvalue weighted by Crippen LogP contribution is 2.32. The van der Waals surface area contributed by atoms with Crippen LogP contribution in [0.15, 0.2) is 42.5 Å². The Hall–Kier alpha value is -3.09. The van der Waals surface area contributed by atoms with Gasteiger partial charge in [-0.05, 0) is 24.3 Å². The number of nitrogens with one attached hydrogen (secondary N) is 1. The molecule has 2 aromatic rings. The monoisotopic (exact) mass is 346 g/mol. The Morgan fingerprint density at radius 2 is 1.84 bits per heavy atom. The molecule has 2 rings (SSSR count). The lowest BCUT2D eigenvalue weighted by Gasteiger charge is -2.23. The topological polar surface area (TPSA) is 67.9 Å². The predicted octanol–water partition coefficient (Wildman–Crippen LogP) is 2.83. The molecule has 0 fully saturated rings. The molecule has 7 heteroatoms. The number of rotatable bonds is 6. The molecule has 0 aliphatic rings. The van der Waals surface area contributed by atoms with Crippen molar-refractivity contribution in [1.82, 2.24) is 0 Å². The van der Waals surface area contributed by atoms with Crippen LogP contribution < -0.4 is 19.7 Å². The van der Waals surface area contributed by atoms with Gasteiger partial charge in [0.2, 0.25) is 11.8 Å². The van der Waals surface area contributed by atoms with Gasteiger partial charge in [-0.3, -0.25) is 14.5 Å². The lowest BCUT2D eigenvalue weighted by molar-refractivity contribution is -0.120. The van der Waals surface area contributed by atoms with Gasteiger partial charge in [-0.25, -0.2) is 4.39 Å². The minimum atomic E-state index is -0.549.